The number of nitrogens with zero attached hydrogens (tertiary/aromatic N) is 8. The first-order valence-corrected chi connectivity index (χ1v) is 10.0. The first-order valence-electron chi connectivity index (χ1n) is 10.0. The number of hydrogen-bond donors (Lipinski definition) is 1. The standard InChI is InChI=1S/C22H16FN9/c1-11-14-7-12(23)3-4-13(14)22-25-5-6-32(22)10-16-18(17(8-24)31(2)30-16)15-9-26-21-20(27-15)19(11)28-29-21/h3-7,9,11H,10H2,1-2H3,(H,26,28,29)/t11-/m1/s1. The number of nitriles is 1. The molecule has 0 saturated carbocycles. The molecule has 10 heteroatoms. The normalized spacial score (nSPS) is 14.9. The summed E-state index contributed by atoms with van der Waals surface area (Å²) in [4.78, 5) is 13.9. The van der Waals surface area contributed by atoms with Gasteiger partial charge in [0.2, 0.25) is 0 Å². The van der Waals surface area contributed by atoms with E-state index in [1.54, 1.807) is 30.2 Å². The fourth-order valence-electron chi connectivity index (χ4n) is 4.41. The van der Waals surface area contributed by atoms with E-state index in [1.165, 1.54) is 12.1 Å². The molecule has 5 heterocycles. The third-order valence-electron chi connectivity index (χ3n) is 5.96. The van der Waals surface area contributed by atoms with Gasteiger partial charge in [-0.25, -0.2) is 19.3 Å². The number of halogens is 1. The van der Waals surface area contributed by atoms with E-state index in [4.69, 9.17) is 4.98 Å². The van der Waals surface area contributed by atoms with Crippen molar-refractivity contribution in [2.75, 3.05) is 0 Å². The van der Waals surface area contributed by atoms with E-state index in [2.05, 4.69) is 31.3 Å². The average Bonchev–Trinajstić information content (AvgIpc) is 3.49. The summed E-state index contributed by atoms with van der Waals surface area (Å²) in [5.74, 6) is 0.0961. The Labute approximate surface area is 181 Å². The average molecular weight is 425 g/mol. The second-order valence-electron chi connectivity index (χ2n) is 7.80. The SMILES string of the molecule is C[C@@H]1c2cc(F)ccc2-c2nccn2Cc2nn(C)c(C#N)c2-c2cnc3n[nH]c1c3n2. The van der Waals surface area contributed by atoms with Crippen LogP contribution in [0.1, 0.15) is 35.5 Å². The molecule has 0 unspecified atom stereocenters. The van der Waals surface area contributed by atoms with Gasteiger partial charge in [-0.3, -0.25) is 9.78 Å². The summed E-state index contributed by atoms with van der Waals surface area (Å²) in [6.07, 6.45) is 5.15. The van der Waals surface area contributed by atoms with Crippen LogP contribution >= 0.6 is 0 Å². The number of rotatable bonds is 0. The van der Waals surface area contributed by atoms with Crippen molar-refractivity contribution < 1.29 is 4.39 Å². The number of imidazole rings is 1. The molecule has 1 aliphatic rings. The van der Waals surface area contributed by atoms with Crippen LogP contribution < -0.4 is 0 Å². The minimum Gasteiger partial charge on any atom is -0.325 e. The van der Waals surface area contributed by atoms with Crippen molar-refractivity contribution in [3.05, 3.63) is 65.3 Å². The van der Waals surface area contributed by atoms with Gasteiger partial charge in [0, 0.05) is 30.9 Å². The molecule has 1 atom stereocenters. The molecule has 0 spiro atoms. The summed E-state index contributed by atoms with van der Waals surface area (Å²) in [7, 11) is 1.73. The van der Waals surface area contributed by atoms with Gasteiger partial charge >= 0.3 is 0 Å². The van der Waals surface area contributed by atoms with Crippen molar-refractivity contribution >= 4 is 11.2 Å². The monoisotopic (exact) mass is 425 g/mol. The maximum Gasteiger partial charge on any atom is 0.199 e. The van der Waals surface area contributed by atoms with E-state index in [0.717, 1.165) is 11.1 Å². The third-order valence-corrected chi connectivity index (χ3v) is 5.96. The smallest absolute Gasteiger partial charge is 0.199 e. The van der Waals surface area contributed by atoms with Crippen LogP contribution in [0.2, 0.25) is 0 Å². The summed E-state index contributed by atoms with van der Waals surface area (Å²) < 4.78 is 17.8. The van der Waals surface area contributed by atoms with Gasteiger partial charge < -0.3 is 4.57 Å². The molecule has 9 nitrogen and oxygen atoms in total. The summed E-state index contributed by atoms with van der Waals surface area (Å²) in [5.41, 5.74) is 5.53. The van der Waals surface area contributed by atoms with Crippen LogP contribution in [0, 0.1) is 17.1 Å². The summed E-state index contributed by atoms with van der Waals surface area (Å²) in [6.45, 7) is 2.33. The molecule has 0 saturated heterocycles. The van der Waals surface area contributed by atoms with Crippen LogP contribution in [0.4, 0.5) is 4.39 Å². The van der Waals surface area contributed by atoms with Crippen LogP contribution in [0.5, 0.6) is 0 Å². The number of H-pyrrole nitrogens is 1. The lowest BCUT2D eigenvalue weighted by atomic mass is 9.92. The first kappa shape index (κ1) is 18.4. The molecular formula is C22H16FN9. The van der Waals surface area contributed by atoms with Gasteiger partial charge in [-0.1, -0.05) is 6.92 Å². The van der Waals surface area contributed by atoms with Gasteiger partial charge in [-0.2, -0.15) is 15.5 Å². The fourth-order valence-corrected chi connectivity index (χ4v) is 4.41. The van der Waals surface area contributed by atoms with Crippen LogP contribution in [0.25, 0.3) is 33.8 Å². The highest BCUT2D eigenvalue weighted by Crippen LogP contribution is 2.36. The van der Waals surface area contributed by atoms with Crippen LogP contribution in [-0.4, -0.2) is 39.5 Å². The predicted molar refractivity (Wildman–Crippen MR) is 113 cm³/mol. The van der Waals surface area contributed by atoms with Gasteiger partial charge in [0.05, 0.1) is 35.4 Å². The Morgan fingerprint density at radius 2 is 2.16 bits per heavy atom. The van der Waals surface area contributed by atoms with Crippen molar-refractivity contribution in [3.8, 4) is 28.7 Å². The lowest BCUT2D eigenvalue weighted by molar-refractivity contribution is 0.624. The number of aromatic amines is 1. The fraction of sp³-hybridized carbons (Fsp3) is 0.182. The molecular weight excluding hydrogens is 409 g/mol. The quantitative estimate of drug-likeness (QED) is 0.408. The van der Waals surface area contributed by atoms with E-state index in [1.807, 2.05) is 17.7 Å². The van der Waals surface area contributed by atoms with E-state index < -0.39 is 0 Å². The van der Waals surface area contributed by atoms with Crippen LogP contribution in [0.15, 0.2) is 36.8 Å². The number of aryl methyl sites for hydroxylation is 1. The van der Waals surface area contributed by atoms with E-state index >= 15 is 0 Å². The van der Waals surface area contributed by atoms with Gasteiger partial charge in [0.15, 0.2) is 5.65 Å². The molecule has 1 aliphatic heterocycles. The lowest BCUT2D eigenvalue weighted by Crippen LogP contribution is -2.08. The van der Waals surface area contributed by atoms with Crippen LogP contribution in [-0.2, 0) is 13.6 Å². The van der Waals surface area contributed by atoms with Gasteiger partial charge in [-0.15, -0.1) is 0 Å². The molecule has 4 aromatic heterocycles. The Morgan fingerprint density at radius 1 is 1.28 bits per heavy atom. The molecule has 1 N–H and O–H groups in total. The van der Waals surface area contributed by atoms with Crippen molar-refractivity contribution in [2.45, 2.75) is 19.4 Å². The largest absolute Gasteiger partial charge is 0.325 e. The molecule has 5 aromatic rings. The van der Waals surface area contributed by atoms with E-state index in [0.29, 0.717) is 51.9 Å². The number of aromatic nitrogens is 8. The molecule has 0 radical (unpaired) electrons. The number of benzene rings is 1. The molecule has 2 bridgehead atoms. The minimum atomic E-state index is -0.331. The second-order valence-corrected chi connectivity index (χ2v) is 7.80. The first-order chi connectivity index (χ1) is 15.5. The number of fused-ring (bicyclic) bond motifs is 6. The van der Waals surface area contributed by atoms with Crippen LogP contribution in [0.3, 0.4) is 0 Å². The summed E-state index contributed by atoms with van der Waals surface area (Å²) >= 11 is 0. The Kier molecular flexibility index (Phi) is 3.76. The topological polar surface area (TPSA) is 114 Å². The molecule has 0 fully saturated rings. The zero-order valence-electron chi connectivity index (χ0n) is 17.2. The number of nitrogens with one attached hydrogen (secondary N) is 1. The lowest BCUT2D eigenvalue weighted by Gasteiger charge is -2.17. The molecule has 32 heavy (non-hydrogen) atoms. The second kappa shape index (κ2) is 6.55. The molecule has 0 amide bonds. The summed E-state index contributed by atoms with van der Waals surface area (Å²) in [6, 6.07) is 6.92. The maximum absolute atomic E-state index is 14.3. The van der Waals surface area contributed by atoms with Gasteiger partial charge in [-0.05, 0) is 23.8 Å². The highest BCUT2D eigenvalue weighted by atomic mass is 19.1. The molecule has 156 valence electrons. The highest BCUT2D eigenvalue weighted by molar-refractivity contribution is 5.80. The van der Waals surface area contributed by atoms with E-state index in [-0.39, 0.29) is 11.7 Å². The number of hydrogen-bond acceptors (Lipinski definition) is 6. The highest BCUT2D eigenvalue weighted by Gasteiger charge is 2.26. The van der Waals surface area contributed by atoms with Crippen molar-refractivity contribution in [2.24, 2.45) is 7.05 Å². The third kappa shape index (κ3) is 2.51. The minimum absolute atomic E-state index is 0.261. The zero-order chi connectivity index (χ0) is 22.0. The van der Waals surface area contributed by atoms with Crippen molar-refractivity contribution in [3.63, 3.8) is 0 Å². The van der Waals surface area contributed by atoms with E-state index in [9.17, 15) is 9.65 Å². The predicted octanol–water partition coefficient (Wildman–Crippen LogP) is 3.14. The maximum atomic E-state index is 14.3. The Balaban J connectivity index is 1.74. The zero-order valence-corrected chi connectivity index (χ0v) is 17.2. The Bertz CT molecular complexity index is 1570. The molecule has 1 aromatic carbocycles. The Morgan fingerprint density at radius 3 is 3.00 bits per heavy atom. The van der Waals surface area contributed by atoms with Gasteiger partial charge in [0.1, 0.15) is 28.9 Å². The van der Waals surface area contributed by atoms with Crippen molar-refractivity contribution in [1.82, 2.24) is 39.5 Å². The molecule has 0 aliphatic carbocycles. The van der Waals surface area contributed by atoms with Crippen molar-refractivity contribution in [1.29, 1.82) is 5.26 Å². The summed E-state index contributed by atoms with van der Waals surface area (Å²) in [5, 5.41) is 21.7. The Hall–Kier alpha value is -4.39. The van der Waals surface area contributed by atoms with Gasteiger partial charge in [0.25, 0.3) is 0 Å². The molecule has 6 rings (SSSR count).